The van der Waals surface area contributed by atoms with Crippen LogP contribution in [-0.4, -0.2) is 23.2 Å². The fourth-order valence-corrected chi connectivity index (χ4v) is 1.58. The number of aryl methyl sites for hydroxylation is 1. The Morgan fingerprint density at radius 2 is 2.28 bits per heavy atom. The Morgan fingerprint density at radius 1 is 1.44 bits per heavy atom. The molecule has 0 aliphatic rings. The Hall–Kier alpha value is -2.30. The minimum atomic E-state index is 0.376. The van der Waals surface area contributed by atoms with Crippen molar-refractivity contribution in [2.75, 3.05) is 7.11 Å². The molecular formula is C13H14N2O3. The average Bonchev–Trinajstić information content (AvgIpc) is 2.82. The number of aromatic nitrogens is 2. The van der Waals surface area contributed by atoms with Crippen LogP contribution in [0.3, 0.4) is 0 Å². The highest BCUT2D eigenvalue weighted by molar-refractivity contribution is 5.80. The van der Waals surface area contributed by atoms with Crippen molar-refractivity contribution in [3.63, 3.8) is 0 Å². The summed E-state index contributed by atoms with van der Waals surface area (Å²) in [4.78, 5) is 11.0. The highest BCUT2D eigenvalue weighted by Crippen LogP contribution is 2.23. The predicted octanol–water partition coefficient (Wildman–Crippen LogP) is 1.82. The second-order valence-corrected chi connectivity index (χ2v) is 3.83. The Labute approximate surface area is 105 Å². The summed E-state index contributed by atoms with van der Waals surface area (Å²) in [5.74, 6) is 1.17. The van der Waals surface area contributed by atoms with Crippen LogP contribution in [0.15, 0.2) is 30.6 Å². The first kappa shape index (κ1) is 12.2. The third-order valence-corrected chi connectivity index (χ3v) is 2.50. The van der Waals surface area contributed by atoms with Crippen LogP contribution in [0.1, 0.15) is 15.9 Å². The van der Waals surface area contributed by atoms with E-state index in [1.807, 2.05) is 13.2 Å². The second kappa shape index (κ2) is 5.35. The topological polar surface area (TPSA) is 53.4 Å². The molecule has 18 heavy (non-hydrogen) atoms. The Balaban J connectivity index is 2.11. The van der Waals surface area contributed by atoms with E-state index in [9.17, 15) is 4.79 Å². The lowest BCUT2D eigenvalue weighted by Crippen LogP contribution is -1.98. The molecule has 5 heteroatoms. The molecule has 0 bridgehead atoms. The molecule has 1 aromatic carbocycles. The molecule has 0 N–H and O–H groups in total. The van der Waals surface area contributed by atoms with Gasteiger partial charge in [-0.05, 0) is 18.2 Å². The minimum absolute atomic E-state index is 0.376. The van der Waals surface area contributed by atoms with Crippen molar-refractivity contribution in [2.45, 2.75) is 6.61 Å². The average molecular weight is 246 g/mol. The van der Waals surface area contributed by atoms with E-state index in [1.54, 1.807) is 36.2 Å². The zero-order valence-corrected chi connectivity index (χ0v) is 10.3. The molecule has 1 aromatic heterocycles. The van der Waals surface area contributed by atoms with E-state index < -0.39 is 0 Å². The lowest BCUT2D eigenvalue weighted by molar-refractivity contribution is 0.111. The van der Waals surface area contributed by atoms with Gasteiger partial charge < -0.3 is 9.47 Å². The molecule has 0 spiro atoms. The van der Waals surface area contributed by atoms with Crippen LogP contribution in [0.2, 0.25) is 0 Å². The molecule has 94 valence electrons. The summed E-state index contributed by atoms with van der Waals surface area (Å²) in [7, 11) is 3.40. The van der Waals surface area contributed by atoms with Gasteiger partial charge in [0, 0.05) is 18.8 Å². The largest absolute Gasteiger partial charge is 0.497 e. The maximum Gasteiger partial charge on any atom is 0.153 e. The number of aldehydes is 1. The zero-order chi connectivity index (χ0) is 13.0. The molecule has 0 atom stereocenters. The van der Waals surface area contributed by atoms with Gasteiger partial charge in [0.1, 0.15) is 18.1 Å². The van der Waals surface area contributed by atoms with Gasteiger partial charge in [0.15, 0.2) is 6.29 Å². The molecule has 0 fully saturated rings. The monoisotopic (exact) mass is 246 g/mol. The van der Waals surface area contributed by atoms with Crippen LogP contribution >= 0.6 is 0 Å². The number of carbonyl (C=O) groups excluding carboxylic acids is 1. The van der Waals surface area contributed by atoms with E-state index in [0.717, 1.165) is 11.8 Å². The van der Waals surface area contributed by atoms with Crippen molar-refractivity contribution in [3.8, 4) is 11.5 Å². The fraction of sp³-hybridized carbons (Fsp3) is 0.231. The van der Waals surface area contributed by atoms with E-state index in [0.29, 0.717) is 23.7 Å². The lowest BCUT2D eigenvalue weighted by Gasteiger charge is -2.08. The van der Waals surface area contributed by atoms with Gasteiger partial charge in [0.05, 0.1) is 18.9 Å². The number of carbonyl (C=O) groups is 1. The molecule has 0 amide bonds. The highest BCUT2D eigenvalue weighted by Gasteiger charge is 2.06. The summed E-state index contributed by atoms with van der Waals surface area (Å²) in [5, 5.41) is 4.05. The maximum atomic E-state index is 11.0. The third kappa shape index (κ3) is 2.68. The van der Waals surface area contributed by atoms with Crippen molar-refractivity contribution in [2.24, 2.45) is 7.05 Å². The van der Waals surface area contributed by atoms with E-state index in [2.05, 4.69) is 5.10 Å². The number of ether oxygens (including phenoxy) is 2. The van der Waals surface area contributed by atoms with Crippen molar-refractivity contribution in [1.29, 1.82) is 0 Å². The number of nitrogens with zero attached hydrogens (tertiary/aromatic N) is 2. The van der Waals surface area contributed by atoms with E-state index in [1.165, 1.54) is 0 Å². The van der Waals surface area contributed by atoms with Gasteiger partial charge in [-0.25, -0.2) is 0 Å². The Morgan fingerprint density at radius 3 is 2.89 bits per heavy atom. The molecule has 1 heterocycles. The zero-order valence-electron chi connectivity index (χ0n) is 10.3. The second-order valence-electron chi connectivity index (χ2n) is 3.83. The molecule has 0 aliphatic heterocycles. The van der Waals surface area contributed by atoms with Crippen molar-refractivity contribution < 1.29 is 14.3 Å². The summed E-state index contributed by atoms with van der Waals surface area (Å²) in [6.07, 6.45) is 4.34. The maximum absolute atomic E-state index is 11.0. The number of rotatable bonds is 5. The Kier molecular flexibility index (Phi) is 3.62. The van der Waals surface area contributed by atoms with Gasteiger partial charge in [-0.1, -0.05) is 0 Å². The van der Waals surface area contributed by atoms with Crippen LogP contribution < -0.4 is 9.47 Å². The first-order valence-electron chi connectivity index (χ1n) is 5.46. The van der Waals surface area contributed by atoms with Crippen LogP contribution in [-0.2, 0) is 13.7 Å². The van der Waals surface area contributed by atoms with Gasteiger partial charge in [-0.3, -0.25) is 9.48 Å². The number of methoxy groups -OCH3 is 1. The van der Waals surface area contributed by atoms with Gasteiger partial charge in [-0.2, -0.15) is 5.10 Å². The number of hydrogen-bond acceptors (Lipinski definition) is 4. The van der Waals surface area contributed by atoms with E-state index in [-0.39, 0.29) is 0 Å². The third-order valence-electron chi connectivity index (χ3n) is 2.50. The summed E-state index contributed by atoms with van der Waals surface area (Å²) in [6, 6.07) is 5.12. The Bertz CT molecular complexity index is 549. The molecule has 0 saturated heterocycles. The van der Waals surface area contributed by atoms with Crippen molar-refractivity contribution >= 4 is 6.29 Å². The summed E-state index contributed by atoms with van der Waals surface area (Å²) in [5.41, 5.74) is 1.42. The van der Waals surface area contributed by atoms with Crippen molar-refractivity contribution in [1.82, 2.24) is 9.78 Å². The first-order chi connectivity index (χ1) is 8.72. The van der Waals surface area contributed by atoms with Gasteiger partial charge in [-0.15, -0.1) is 0 Å². The van der Waals surface area contributed by atoms with Crippen LogP contribution in [0.25, 0.3) is 0 Å². The normalized spacial score (nSPS) is 10.1. The van der Waals surface area contributed by atoms with Crippen molar-refractivity contribution in [3.05, 3.63) is 41.7 Å². The fourth-order valence-electron chi connectivity index (χ4n) is 1.58. The van der Waals surface area contributed by atoms with Crippen LogP contribution in [0, 0.1) is 0 Å². The molecule has 0 unspecified atom stereocenters. The predicted molar refractivity (Wildman–Crippen MR) is 65.9 cm³/mol. The SMILES string of the molecule is COc1ccc(OCc2cnn(C)c2)c(C=O)c1. The highest BCUT2D eigenvalue weighted by atomic mass is 16.5. The summed E-state index contributed by atoms with van der Waals surface area (Å²) >= 11 is 0. The molecular weight excluding hydrogens is 232 g/mol. The molecule has 2 aromatic rings. The minimum Gasteiger partial charge on any atom is -0.497 e. The number of benzene rings is 1. The summed E-state index contributed by atoms with van der Waals surface area (Å²) < 4.78 is 12.3. The molecule has 0 radical (unpaired) electrons. The molecule has 2 rings (SSSR count). The number of hydrogen-bond donors (Lipinski definition) is 0. The standard InChI is InChI=1S/C13H14N2O3/c1-15-7-10(6-14-15)9-18-13-4-3-12(17-2)5-11(13)8-16/h3-8H,9H2,1-2H3. The smallest absolute Gasteiger partial charge is 0.153 e. The van der Waals surface area contributed by atoms with E-state index in [4.69, 9.17) is 9.47 Å². The van der Waals surface area contributed by atoms with Crippen LogP contribution in [0.5, 0.6) is 11.5 Å². The van der Waals surface area contributed by atoms with Gasteiger partial charge >= 0.3 is 0 Å². The molecule has 0 aliphatic carbocycles. The van der Waals surface area contributed by atoms with E-state index >= 15 is 0 Å². The lowest BCUT2D eigenvalue weighted by atomic mass is 10.2. The van der Waals surface area contributed by atoms with Gasteiger partial charge in [0.2, 0.25) is 0 Å². The summed E-state index contributed by atoms with van der Waals surface area (Å²) in [6.45, 7) is 0.376. The van der Waals surface area contributed by atoms with Gasteiger partial charge in [0.25, 0.3) is 0 Å². The van der Waals surface area contributed by atoms with Crippen LogP contribution in [0.4, 0.5) is 0 Å². The molecule has 5 nitrogen and oxygen atoms in total. The first-order valence-corrected chi connectivity index (χ1v) is 5.46. The quantitative estimate of drug-likeness (QED) is 0.755. The molecule has 0 saturated carbocycles.